The number of esters is 1. The number of nitrogens with zero attached hydrogens (tertiary/aromatic N) is 2. The number of ether oxygens (including phenoxy) is 1. The fraction of sp³-hybridized carbons (Fsp3) is 0.429. The van der Waals surface area contributed by atoms with E-state index in [9.17, 15) is 4.79 Å². The van der Waals surface area contributed by atoms with Crippen LogP contribution in [0.3, 0.4) is 0 Å². The van der Waals surface area contributed by atoms with Crippen molar-refractivity contribution < 1.29 is 9.53 Å². The summed E-state index contributed by atoms with van der Waals surface area (Å²) in [5.41, 5.74) is 0. The number of allylic oxidation sites excluding steroid dienone is 2. The van der Waals surface area contributed by atoms with E-state index in [0.717, 1.165) is 38.3 Å². The van der Waals surface area contributed by atoms with Crippen molar-refractivity contribution in [1.29, 1.82) is 0 Å². The molecule has 4 nitrogen and oxygen atoms in total. The normalized spacial score (nSPS) is 12.4. The van der Waals surface area contributed by atoms with Crippen molar-refractivity contribution >= 4 is 29.1 Å². The van der Waals surface area contributed by atoms with Gasteiger partial charge in [0.05, 0.1) is 19.1 Å². The van der Waals surface area contributed by atoms with Crippen molar-refractivity contribution in [3.63, 3.8) is 0 Å². The molecule has 1 aromatic heterocycles. The Balaban J connectivity index is 1.13. The van der Waals surface area contributed by atoms with Gasteiger partial charge in [-0.2, -0.15) is 0 Å². The van der Waals surface area contributed by atoms with Crippen LogP contribution >= 0.6 is 7.26 Å². The molecular weight excluding hydrogens is 595 g/mol. The first-order valence-corrected chi connectivity index (χ1v) is 20.0. The average molecular weight is 652 g/mol. The molecule has 0 unspecified atom stereocenters. The number of aromatic nitrogens is 2. The molecule has 4 aromatic rings. The molecule has 250 valence electrons. The Kier molecular flexibility index (Phi) is 16.5. The second kappa shape index (κ2) is 21.4. The molecule has 0 bridgehead atoms. The van der Waals surface area contributed by atoms with E-state index >= 15 is 0 Å². The summed E-state index contributed by atoms with van der Waals surface area (Å²) < 4.78 is 8.04. The summed E-state index contributed by atoms with van der Waals surface area (Å²) >= 11 is 0. The van der Waals surface area contributed by atoms with Gasteiger partial charge >= 0.3 is 5.97 Å². The van der Waals surface area contributed by atoms with E-state index in [1.54, 1.807) is 0 Å². The molecule has 1 atom stereocenters. The van der Waals surface area contributed by atoms with Gasteiger partial charge in [-0.05, 0) is 68.5 Å². The molecule has 3 aromatic carbocycles. The van der Waals surface area contributed by atoms with Crippen molar-refractivity contribution in [1.82, 2.24) is 9.55 Å². The average Bonchev–Trinajstić information content (AvgIpc) is 3.66. The highest BCUT2D eigenvalue weighted by Gasteiger charge is 2.44. The first-order chi connectivity index (χ1) is 23.2. The van der Waals surface area contributed by atoms with Crippen LogP contribution in [0.15, 0.2) is 122 Å². The Bertz CT molecular complexity index is 1290. The van der Waals surface area contributed by atoms with E-state index in [-0.39, 0.29) is 5.97 Å². The standard InChI is InChI=1S/C42H56N2O2P/c1-2-3-4-14-24-38(44-34-33-43-37-44)25-15-9-7-5-6-8-10-22-32-42(45)46-35-23-36-47(39-26-16-11-17-27-39,40-28-18-12-19-29-40)41-30-20-13-21-31-41/h9,11-13,15-21,26-31,33-34,37-38H,2-8,10,14,22-25,32,35-36H2,1H3/q+1/b15-9-/t38-/m0/s1. The smallest absolute Gasteiger partial charge is 0.305 e. The van der Waals surface area contributed by atoms with Gasteiger partial charge in [-0.3, -0.25) is 4.79 Å². The molecule has 0 spiro atoms. The molecule has 0 saturated heterocycles. The zero-order valence-corrected chi connectivity index (χ0v) is 29.5. The third-order valence-electron chi connectivity index (χ3n) is 9.16. The van der Waals surface area contributed by atoms with Crippen LogP contribution in [0.25, 0.3) is 0 Å². The molecule has 0 amide bonds. The summed E-state index contributed by atoms with van der Waals surface area (Å²) in [4.78, 5) is 16.9. The second-order valence-electron chi connectivity index (χ2n) is 12.6. The number of benzene rings is 3. The SMILES string of the molecule is CCCCCC[C@@H](C/C=C\CCCCCCCC(=O)OCCC[P+](c1ccccc1)(c1ccccc1)c1ccccc1)n1ccnc1. The Hall–Kier alpha value is -3.49. The van der Waals surface area contributed by atoms with Crippen molar-refractivity contribution in [3.8, 4) is 0 Å². The Morgan fingerprint density at radius 2 is 1.34 bits per heavy atom. The predicted molar refractivity (Wildman–Crippen MR) is 202 cm³/mol. The van der Waals surface area contributed by atoms with E-state index in [0.29, 0.717) is 19.1 Å². The van der Waals surface area contributed by atoms with E-state index in [1.807, 2.05) is 12.5 Å². The molecule has 0 radical (unpaired) electrons. The van der Waals surface area contributed by atoms with Crippen LogP contribution in [0.2, 0.25) is 0 Å². The predicted octanol–water partition coefficient (Wildman–Crippen LogP) is 10.00. The van der Waals surface area contributed by atoms with E-state index < -0.39 is 7.26 Å². The summed E-state index contributed by atoms with van der Waals surface area (Å²) in [6, 6.07) is 33.2. The van der Waals surface area contributed by atoms with Gasteiger partial charge in [-0.25, -0.2) is 4.98 Å². The van der Waals surface area contributed by atoms with Crippen molar-refractivity contribution in [3.05, 3.63) is 122 Å². The molecule has 0 aliphatic rings. The minimum Gasteiger partial charge on any atom is -0.466 e. The Morgan fingerprint density at radius 1 is 0.745 bits per heavy atom. The van der Waals surface area contributed by atoms with Crippen molar-refractivity contribution in [2.75, 3.05) is 12.8 Å². The largest absolute Gasteiger partial charge is 0.466 e. The minimum atomic E-state index is -1.88. The van der Waals surface area contributed by atoms with Crippen LogP contribution < -0.4 is 15.9 Å². The van der Waals surface area contributed by atoms with Crippen LogP contribution in [0, 0.1) is 0 Å². The molecule has 0 aliphatic heterocycles. The van der Waals surface area contributed by atoms with Gasteiger partial charge < -0.3 is 9.30 Å². The molecule has 0 aliphatic carbocycles. The zero-order chi connectivity index (χ0) is 32.8. The number of carbonyl (C=O) groups excluding carboxylic acids is 1. The third kappa shape index (κ3) is 11.9. The number of imidazole rings is 1. The molecule has 5 heteroatoms. The number of unbranched alkanes of at least 4 members (excludes halogenated alkanes) is 8. The lowest BCUT2D eigenvalue weighted by Gasteiger charge is -2.27. The zero-order valence-electron chi connectivity index (χ0n) is 28.6. The van der Waals surface area contributed by atoms with Gasteiger partial charge in [0.2, 0.25) is 0 Å². The summed E-state index contributed by atoms with van der Waals surface area (Å²) in [5, 5.41) is 4.11. The first kappa shape index (κ1) is 36.3. The van der Waals surface area contributed by atoms with Crippen LogP contribution in [-0.2, 0) is 9.53 Å². The van der Waals surface area contributed by atoms with Gasteiger partial charge in [0.25, 0.3) is 0 Å². The number of rotatable bonds is 23. The summed E-state index contributed by atoms with van der Waals surface area (Å²) in [6.07, 6.45) is 27.3. The van der Waals surface area contributed by atoms with E-state index in [2.05, 4.69) is 126 Å². The molecule has 1 heterocycles. The van der Waals surface area contributed by atoms with Gasteiger partial charge in [-0.1, -0.05) is 119 Å². The van der Waals surface area contributed by atoms with Crippen LogP contribution in [0.4, 0.5) is 0 Å². The lowest BCUT2D eigenvalue weighted by Crippen LogP contribution is -2.33. The quantitative estimate of drug-likeness (QED) is 0.0347. The minimum absolute atomic E-state index is 0.0573. The molecule has 0 N–H and O–H groups in total. The van der Waals surface area contributed by atoms with E-state index in [4.69, 9.17) is 4.74 Å². The molecule has 0 fully saturated rings. The monoisotopic (exact) mass is 651 g/mol. The van der Waals surface area contributed by atoms with Gasteiger partial charge in [0, 0.05) is 31.3 Å². The fourth-order valence-electron chi connectivity index (χ4n) is 6.56. The van der Waals surface area contributed by atoms with Gasteiger partial charge in [0.15, 0.2) is 0 Å². The maximum atomic E-state index is 12.6. The highest BCUT2D eigenvalue weighted by Crippen LogP contribution is 2.55. The molecule has 4 rings (SSSR count). The second-order valence-corrected chi connectivity index (χ2v) is 16.3. The lowest BCUT2D eigenvalue weighted by molar-refractivity contribution is -0.143. The number of carbonyl (C=O) groups is 1. The number of hydrogen-bond acceptors (Lipinski definition) is 3. The van der Waals surface area contributed by atoms with Crippen LogP contribution in [0.1, 0.15) is 103 Å². The first-order valence-electron chi connectivity index (χ1n) is 18.1. The van der Waals surface area contributed by atoms with Crippen LogP contribution in [-0.4, -0.2) is 28.3 Å². The maximum Gasteiger partial charge on any atom is 0.305 e. The Labute approximate surface area is 285 Å². The van der Waals surface area contributed by atoms with Crippen LogP contribution in [0.5, 0.6) is 0 Å². The Morgan fingerprint density at radius 3 is 1.94 bits per heavy atom. The van der Waals surface area contributed by atoms with Gasteiger partial charge in [-0.15, -0.1) is 0 Å². The highest BCUT2D eigenvalue weighted by molar-refractivity contribution is 7.95. The van der Waals surface area contributed by atoms with Gasteiger partial charge in [0.1, 0.15) is 23.2 Å². The van der Waals surface area contributed by atoms with E-state index in [1.165, 1.54) is 67.3 Å². The highest BCUT2D eigenvalue weighted by atomic mass is 31.2. The number of hydrogen-bond donors (Lipinski definition) is 0. The summed E-state index contributed by atoms with van der Waals surface area (Å²) in [7, 11) is -1.88. The molecule has 47 heavy (non-hydrogen) atoms. The summed E-state index contributed by atoms with van der Waals surface area (Å²) in [5.74, 6) is -0.0573. The van der Waals surface area contributed by atoms with Crippen molar-refractivity contribution in [2.24, 2.45) is 0 Å². The maximum absolute atomic E-state index is 12.6. The molecule has 0 saturated carbocycles. The summed E-state index contributed by atoms with van der Waals surface area (Å²) in [6.45, 7) is 2.74. The molecular formula is C42H56N2O2P+. The third-order valence-corrected chi connectivity index (χ3v) is 13.7. The lowest BCUT2D eigenvalue weighted by atomic mass is 10.0. The fourth-order valence-corrected chi connectivity index (χ4v) is 10.9. The van der Waals surface area contributed by atoms with Crippen molar-refractivity contribution in [2.45, 2.75) is 103 Å². The topological polar surface area (TPSA) is 44.1 Å².